The van der Waals surface area contributed by atoms with Crippen LogP contribution >= 0.6 is 47.0 Å². The van der Waals surface area contributed by atoms with Crippen LogP contribution in [0.5, 0.6) is 0 Å². The van der Waals surface area contributed by atoms with E-state index in [0.717, 1.165) is 66.6 Å². The Kier molecular flexibility index (Phi) is 12.8. The quantitative estimate of drug-likeness (QED) is 0.270. The Hall–Kier alpha value is -4.34. The van der Waals surface area contributed by atoms with Crippen molar-refractivity contribution in [3.05, 3.63) is 98.9 Å². The molecule has 4 rings (SSSR count). The van der Waals surface area contributed by atoms with E-state index >= 15 is 0 Å². The standard InChI is InChI=1S/2C15H11NO4S2/c2*1-19-14(17)12-13(15(18)20-2)22-11(21-12)7-9-3-5-10(8-16)6-4-9/h2*3-7H,1-2H3. The lowest BCUT2D eigenvalue weighted by Gasteiger charge is -2.00. The summed E-state index contributed by atoms with van der Waals surface area (Å²) in [5.74, 6) is -2.27. The Morgan fingerprint density at radius 2 is 0.773 bits per heavy atom. The minimum absolute atomic E-state index is 0.222. The number of methoxy groups -OCH3 is 4. The number of ether oxygens (including phenoxy) is 4. The largest absolute Gasteiger partial charge is 0.465 e. The molecule has 2 aromatic carbocycles. The molecule has 44 heavy (non-hydrogen) atoms. The van der Waals surface area contributed by atoms with Crippen LogP contribution in [-0.2, 0) is 38.1 Å². The molecule has 0 saturated carbocycles. The highest BCUT2D eigenvalue weighted by Crippen LogP contribution is 2.51. The van der Waals surface area contributed by atoms with E-state index in [2.05, 4.69) is 18.9 Å². The number of thioether (sulfide) groups is 4. The van der Waals surface area contributed by atoms with Crippen molar-refractivity contribution in [3.8, 4) is 12.1 Å². The van der Waals surface area contributed by atoms with Crippen molar-refractivity contribution in [2.45, 2.75) is 0 Å². The zero-order chi connectivity index (χ0) is 32.2. The highest BCUT2D eigenvalue weighted by molar-refractivity contribution is 8.30. The Balaban J connectivity index is 0.000000240. The second-order valence-corrected chi connectivity index (χ2v) is 12.8. The summed E-state index contributed by atoms with van der Waals surface area (Å²) in [6, 6.07) is 18.1. The summed E-state index contributed by atoms with van der Waals surface area (Å²) in [4.78, 5) is 47.9. The van der Waals surface area contributed by atoms with Crippen LogP contribution in [0.25, 0.3) is 12.2 Å². The minimum Gasteiger partial charge on any atom is -0.465 e. The van der Waals surface area contributed by atoms with Crippen molar-refractivity contribution < 1.29 is 38.1 Å². The molecule has 14 heteroatoms. The van der Waals surface area contributed by atoms with Gasteiger partial charge in [0, 0.05) is 0 Å². The van der Waals surface area contributed by atoms with Crippen LogP contribution in [0.2, 0.25) is 0 Å². The van der Waals surface area contributed by atoms with Crippen LogP contribution < -0.4 is 0 Å². The van der Waals surface area contributed by atoms with Crippen molar-refractivity contribution >= 4 is 83.1 Å². The van der Waals surface area contributed by atoms with Gasteiger partial charge in [0.1, 0.15) is 19.6 Å². The Morgan fingerprint density at radius 1 is 0.523 bits per heavy atom. The van der Waals surface area contributed by atoms with Gasteiger partial charge in [-0.25, -0.2) is 19.2 Å². The second-order valence-electron chi connectivity index (χ2n) is 8.09. The second kappa shape index (κ2) is 16.5. The molecule has 2 aromatic rings. The van der Waals surface area contributed by atoms with E-state index in [9.17, 15) is 19.2 Å². The number of carbonyl (C=O) groups excluding carboxylic acids is 4. The van der Waals surface area contributed by atoms with Gasteiger partial charge in [-0.3, -0.25) is 0 Å². The van der Waals surface area contributed by atoms with Crippen LogP contribution in [0.4, 0.5) is 0 Å². The Bertz CT molecular complexity index is 1490. The van der Waals surface area contributed by atoms with Crippen LogP contribution in [0.3, 0.4) is 0 Å². The molecule has 10 nitrogen and oxygen atoms in total. The number of benzene rings is 2. The molecule has 0 saturated heterocycles. The molecular weight excluding hydrogens is 645 g/mol. The molecule has 224 valence electrons. The van der Waals surface area contributed by atoms with E-state index in [4.69, 9.17) is 10.5 Å². The molecular formula is C30H22N2O8S4. The number of hydrogen-bond acceptors (Lipinski definition) is 14. The lowest BCUT2D eigenvalue weighted by molar-refractivity contribution is -0.138. The number of nitrogens with zero attached hydrogens (tertiary/aromatic N) is 2. The zero-order valence-electron chi connectivity index (χ0n) is 23.6. The van der Waals surface area contributed by atoms with Crippen LogP contribution in [0.1, 0.15) is 22.3 Å². The fourth-order valence-electron chi connectivity index (χ4n) is 3.24. The highest BCUT2D eigenvalue weighted by atomic mass is 32.2. The maximum absolute atomic E-state index is 11.7. The first-order valence-corrected chi connectivity index (χ1v) is 15.4. The summed E-state index contributed by atoms with van der Waals surface area (Å²) >= 11 is 4.65. The van der Waals surface area contributed by atoms with Gasteiger partial charge in [0.05, 0.1) is 60.2 Å². The van der Waals surface area contributed by atoms with Crippen molar-refractivity contribution in [2.75, 3.05) is 28.4 Å². The highest BCUT2D eigenvalue weighted by Gasteiger charge is 2.33. The predicted octanol–water partition coefficient (Wildman–Crippen LogP) is 5.79. The Morgan fingerprint density at radius 3 is 0.977 bits per heavy atom. The molecule has 0 spiro atoms. The lowest BCUT2D eigenvalue weighted by atomic mass is 10.1. The number of esters is 4. The van der Waals surface area contributed by atoms with E-state index in [0.29, 0.717) is 11.1 Å². The summed E-state index contributed by atoms with van der Waals surface area (Å²) in [7, 11) is 5.05. The smallest absolute Gasteiger partial charge is 0.346 e. The molecule has 0 fully saturated rings. The van der Waals surface area contributed by atoms with E-state index in [1.807, 2.05) is 24.3 Å². The maximum Gasteiger partial charge on any atom is 0.346 e. The topological polar surface area (TPSA) is 153 Å². The van der Waals surface area contributed by atoms with Crippen molar-refractivity contribution in [3.63, 3.8) is 0 Å². The molecule has 0 N–H and O–H groups in total. The first-order valence-electron chi connectivity index (χ1n) is 12.1. The minimum atomic E-state index is -0.568. The monoisotopic (exact) mass is 666 g/mol. The summed E-state index contributed by atoms with van der Waals surface area (Å²) in [6.07, 6.45) is 3.66. The van der Waals surface area contributed by atoms with Gasteiger partial charge in [-0.05, 0) is 47.5 Å². The summed E-state index contributed by atoms with van der Waals surface area (Å²) < 4.78 is 20.3. The van der Waals surface area contributed by atoms with Gasteiger partial charge in [-0.1, -0.05) is 71.3 Å². The fourth-order valence-corrected chi connectivity index (χ4v) is 8.02. The number of carbonyl (C=O) groups is 4. The predicted molar refractivity (Wildman–Crippen MR) is 171 cm³/mol. The summed E-state index contributed by atoms with van der Waals surface area (Å²) in [5.41, 5.74) is 2.86. The molecule has 2 heterocycles. The number of rotatable bonds is 6. The third kappa shape index (κ3) is 8.84. The molecule has 0 amide bonds. The molecule has 0 aromatic heterocycles. The molecule has 2 aliphatic heterocycles. The third-order valence-electron chi connectivity index (χ3n) is 5.35. The Labute approximate surface area is 270 Å². The van der Waals surface area contributed by atoms with Crippen molar-refractivity contribution in [1.82, 2.24) is 0 Å². The van der Waals surface area contributed by atoms with E-state index in [1.54, 1.807) is 48.5 Å². The maximum atomic E-state index is 11.7. The number of nitriles is 2. The van der Waals surface area contributed by atoms with Crippen molar-refractivity contribution in [1.29, 1.82) is 10.5 Å². The van der Waals surface area contributed by atoms with Gasteiger partial charge in [-0.15, -0.1) is 0 Å². The van der Waals surface area contributed by atoms with Crippen LogP contribution in [0.15, 0.2) is 76.6 Å². The van der Waals surface area contributed by atoms with Gasteiger partial charge in [-0.2, -0.15) is 10.5 Å². The molecule has 2 aliphatic rings. The van der Waals surface area contributed by atoms with Crippen LogP contribution in [0, 0.1) is 22.7 Å². The SMILES string of the molecule is COC(=O)C1=C(C(=O)OC)SC(=Cc2ccc(C#N)cc2)S1.COC(=O)C1=C(C(=O)OC)SC(=Cc2ccc(C#N)cc2)S1. The summed E-state index contributed by atoms with van der Waals surface area (Å²) in [5, 5.41) is 17.6. The van der Waals surface area contributed by atoms with Crippen LogP contribution in [-0.4, -0.2) is 52.3 Å². The average molecular weight is 667 g/mol. The summed E-state index contributed by atoms with van der Waals surface area (Å²) in [6.45, 7) is 0. The van der Waals surface area contributed by atoms with Gasteiger partial charge in [0.25, 0.3) is 0 Å². The van der Waals surface area contributed by atoms with E-state index in [1.165, 1.54) is 28.4 Å². The lowest BCUT2D eigenvalue weighted by Crippen LogP contribution is -2.08. The molecule has 0 unspecified atom stereocenters. The van der Waals surface area contributed by atoms with Crippen molar-refractivity contribution in [2.24, 2.45) is 0 Å². The molecule has 0 atom stereocenters. The van der Waals surface area contributed by atoms with Gasteiger partial charge < -0.3 is 18.9 Å². The third-order valence-corrected chi connectivity index (χ3v) is 10.2. The molecule has 0 aliphatic carbocycles. The molecule has 0 bridgehead atoms. The first kappa shape index (κ1) is 34.2. The van der Waals surface area contributed by atoms with E-state index < -0.39 is 23.9 Å². The fraction of sp³-hybridized carbons (Fsp3) is 0.133. The number of hydrogen-bond donors (Lipinski definition) is 0. The van der Waals surface area contributed by atoms with Gasteiger partial charge in [0.15, 0.2) is 0 Å². The average Bonchev–Trinajstić information content (AvgIpc) is 3.69. The normalized spacial score (nSPS) is 13.6. The molecule has 0 radical (unpaired) electrons. The zero-order valence-corrected chi connectivity index (χ0v) is 26.8. The van der Waals surface area contributed by atoms with Gasteiger partial charge in [0.2, 0.25) is 0 Å². The first-order chi connectivity index (χ1) is 21.2. The van der Waals surface area contributed by atoms with Gasteiger partial charge >= 0.3 is 23.9 Å². The van der Waals surface area contributed by atoms with E-state index in [-0.39, 0.29) is 19.6 Å².